The predicted molar refractivity (Wildman–Crippen MR) is 96.3 cm³/mol. The van der Waals surface area contributed by atoms with Crippen LogP contribution in [0.15, 0.2) is 48.5 Å². The van der Waals surface area contributed by atoms with E-state index in [2.05, 4.69) is 5.32 Å². The zero-order valence-electron chi connectivity index (χ0n) is 13.4. The molecule has 6 heteroatoms. The van der Waals surface area contributed by atoms with Gasteiger partial charge in [-0.1, -0.05) is 47.5 Å². The Bertz CT molecular complexity index is 735. The van der Waals surface area contributed by atoms with Gasteiger partial charge >= 0.3 is 0 Å². The van der Waals surface area contributed by atoms with Crippen LogP contribution in [0.2, 0.25) is 10.0 Å². The molecular formula is C18H18Cl2N2O2. The molecule has 0 aliphatic carbocycles. The molecule has 0 saturated carbocycles. The van der Waals surface area contributed by atoms with Crippen LogP contribution in [0.3, 0.4) is 0 Å². The third kappa shape index (κ3) is 4.73. The molecule has 24 heavy (non-hydrogen) atoms. The van der Waals surface area contributed by atoms with Gasteiger partial charge in [-0.25, -0.2) is 0 Å². The lowest BCUT2D eigenvalue weighted by atomic mass is 10.2. The number of benzene rings is 2. The quantitative estimate of drug-likeness (QED) is 0.877. The number of amides is 2. The zero-order chi connectivity index (χ0) is 17.7. The molecule has 0 radical (unpaired) electrons. The number of rotatable bonds is 5. The molecule has 2 rings (SSSR count). The summed E-state index contributed by atoms with van der Waals surface area (Å²) in [6, 6.07) is 13.4. The third-order valence-electron chi connectivity index (χ3n) is 3.53. The Kier molecular flexibility index (Phi) is 6.23. The Hall–Kier alpha value is -2.04. The summed E-state index contributed by atoms with van der Waals surface area (Å²) >= 11 is 11.9. The van der Waals surface area contributed by atoms with Crippen molar-refractivity contribution in [3.05, 3.63) is 69.7 Å². The maximum atomic E-state index is 12.4. The molecule has 0 saturated heterocycles. The van der Waals surface area contributed by atoms with Crippen LogP contribution in [0.4, 0.5) is 0 Å². The van der Waals surface area contributed by atoms with E-state index in [1.807, 2.05) is 12.1 Å². The first-order chi connectivity index (χ1) is 11.4. The van der Waals surface area contributed by atoms with Gasteiger partial charge in [-0.3, -0.25) is 9.59 Å². The summed E-state index contributed by atoms with van der Waals surface area (Å²) in [5.74, 6) is -0.468. The summed E-state index contributed by atoms with van der Waals surface area (Å²) in [4.78, 5) is 26.1. The van der Waals surface area contributed by atoms with E-state index in [0.29, 0.717) is 22.2 Å². The number of nitrogens with one attached hydrogen (secondary N) is 1. The van der Waals surface area contributed by atoms with Crippen LogP contribution in [0, 0.1) is 0 Å². The SMILES string of the molecule is CC(NC(=O)c1ccccc1)C(=O)N(C)Cc1ccc(Cl)c(Cl)c1. The number of carbonyl (C=O) groups excluding carboxylic acids is 2. The van der Waals surface area contributed by atoms with Gasteiger partial charge in [0, 0.05) is 19.2 Å². The first-order valence-corrected chi connectivity index (χ1v) is 8.19. The third-order valence-corrected chi connectivity index (χ3v) is 4.27. The zero-order valence-corrected chi connectivity index (χ0v) is 14.9. The summed E-state index contributed by atoms with van der Waals surface area (Å²) < 4.78 is 0. The highest BCUT2D eigenvalue weighted by Gasteiger charge is 2.20. The fourth-order valence-electron chi connectivity index (χ4n) is 2.25. The summed E-state index contributed by atoms with van der Waals surface area (Å²) in [5.41, 5.74) is 1.38. The highest BCUT2D eigenvalue weighted by molar-refractivity contribution is 6.42. The van der Waals surface area contributed by atoms with Gasteiger partial charge in [0.25, 0.3) is 5.91 Å². The van der Waals surface area contributed by atoms with Crippen molar-refractivity contribution in [2.45, 2.75) is 19.5 Å². The molecule has 1 unspecified atom stereocenters. The highest BCUT2D eigenvalue weighted by Crippen LogP contribution is 2.23. The summed E-state index contributed by atoms with van der Waals surface area (Å²) in [5, 5.41) is 3.62. The van der Waals surface area contributed by atoms with Gasteiger partial charge in [0.1, 0.15) is 6.04 Å². The number of nitrogens with zero attached hydrogens (tertiary/aromatic N) is 1. The average Bonchev–Trinajstić information content (AvgIpc) is 2.58. The van der Waals surface area contributed by atoms with Gasteiger partial charge in [-0.05, 0) is 36.8 Å². The topological polar surface area (TPSA) is 49.4 Å². The molecule has 4 nitrogen and oxygen atoms in total. The van der Waals surface area contributed by atoms with Crippen LogP contribution in [-0.2, 0) is 11.3 Å². The summed E-state index contributed by atoms with van der Waals surface area (Å²) in [6.45, 7) is 2.04. The van der Waals surface area contributed by atoms with Crippen LogP contribution in [0.5, 0.6) is 0 Å². The summed E-state index contributed by atoms with van der Waals surface area (Å²) in [6.07, 6.45) is 0. The lowest BCUT2D eigenvalue weighted by molar-refractivity contribution is -0.132. The molecule has 2 amide bonds. The number of halogens is 2. The van der Waals surface area contributed by atoms with E-state index in [4.69, 9.17) is 23.2 Å². The first kappa shape index (κ1) is 18.3. The Labute approximate surface area is 151 Å². The highest BCUT2D eigenvalue weighted by atomic mass is 35.5. The molecule has 0 fully saturated rings. The van der Waals surface area contributed by atoms with E-state index in [0.717, 1.165) is 5.56 Å². The number of likely N-dealkylation sites (N-methyl/N-ethyl adjacent to an activating group) is 1. The van der Waals surface area contributed by atoms with E-state index in [1.165, 1.54) is 4.90 Å². The van der Waals surface area contributed by atoms with Crippen LogP contribution in [-0.4, -0.2) is 29.8 Å². The molecule has 0 heterocycles. The minimum Gasteiger partial charge on any atom is -0.341 e. The van der Waals surface area contributed by atoms with Crippen LogP contribution in [0.25, 0.3) is 0 Å². The Balaban J connectivity index is 1.96. The lowest BCUT2D eigenvalue weighted by Gasteiger charge is -2.22. The summed E-state index contributed by atoms with van der Waals surface area (Å²) in [7, 11) is 1.68. The maximum Gasteiger partial charge on any atom is 0.251 e. The van der Waals surface area contributed by atoms with Gasteiger partial charge in [-0.2, -0.15) is 0 Å². The molecular weight excluding hydrogens is 347 g/mol. The molecule has 1 N–H and O–H groups in total. The van der Waals surface area contributed by atoms with Crippen LogP contribution < -0.4 is 5.32 Å². The molecule has 0 bridgehead atoms. The number of hydrogen-bond donors (Lipinski definition) is 1. The number of carbonyl (C=O) groups is 2. The normalized spacial score (nSPS) is 11.7. The molecule has 1 atom stereocenters. The van der Waals surface area contributed by atoms with Gasteiger partial charge in [0.2, 0.25) is 5.91 Å². The second-order valence-electron chi connectivity index (χ2n) is 5.50. The van der Waals surface area contributed by atoms with Crippen molar-refractivity contribution in [3.63, 3.8) is 0 Å². The average molecular weight is 365 g/mol. The largest absolute Gasteiger partial charge is 0.341 e. The van der Waals surface area contributed by atoms with Crippen molar-refractivity contribution >= 4 is 35.0 Å². The molecule has 2 aromatic carbocycles. The fourth-order valence-corrected chi connectivity index (χ4v) is 2.57. The van der Waals surface area contributed by atoms with Crippen LogP contribution >= 0.6 is 23.2 Å². The van der Waals surface area contributed by atoms with E-state index in [9.17, 15) is 9.59 Å². The van der Waals surface area contributed by atoms with Crippen molar-refractivity contribution in [2.75, 3.05) is 7.05 Å². The molecule has 0 aliphatic rings. The second kappa shape index (κ2) is 8.18. The van der Waals surface area contributed by atoms with Gasteiger partial charge < -0.3 is 10.2 Å². The monoisotopic (exact) mass is 364 g/mol. The van der Waals surface area contributed by atoms with Crippen molar-refractivity contribution in [3.8, 4) is 0 Å². The lowest BCUT2D eigenvalue weighted by Crippen LogP contribution is -2.45. The van der Waals surface area contributed by atoms with Gasteiger partial charge in [0.05, 0.1) is 10.0 Å². The fraction of sp³-hybridized carbons (Fsp3) is 0.222. The van der Waals surface area contributed by atoms with Gasteiger partial charge in [0.15, 0.2) is 0 Å². The smallest absolute Gasteiger partial charge is 0.251 e. The van der Waals surface area contributed by atoms with Crippen molar-refractivity contribution in [2.24, 2.45) is 0 Å². The minimum absolute atomic E-state index is 0.189. The Morgan fingerprint density at radius 3 is 2.38 bits per heavy atom. The molecule has 126 valence electrons. The molecule has 0 aliphatic heterocycles. The predicted octanol–water partition coefficient (Wildman–Crippen LogP) is 3.77. The first-order valence-electron chi connectivity index (χ1n) is 7.43. The Morgan fingerprint density at radius 1 is 1.08 bits per heavy atom. The van der Waals surface area contributed by atoms with Gasteiger partial charge in [-0.15, -0.1) is 0 Å². The van der Waals surface area contributed by atoms with Crippen molar-refractivity contribution in [1.29, 1.82) is 0 Å². The maximum absolute atomic E-state index is 12.4. The molecule has 2 aromatic rings. The van der Waals surface area contributed by atoms with E-state index in [1.54, 1.807) is 50.4 Å². The van der Waals surface area contributed by atoms with E-state index < -0.39 is 6.04 Å². The van der Waals surface area contributed by atoms with E-state index in [-0.39, 0.29) is 11.8 Å². The molecule has 0 aromatic heterocycles. The van der Waals surface area contributed by atoms with Crippen molar-refractivity contribution in [1.82, 2.24) is 10.2 Å². The number of hydrogen-bond acceptors (Lipinski definition) is 2. The van der Waals surface area contributed by atoms with E-state index >= 15 is 0 Å². The Morgan fingerprint density at radius 2 is 1.75 bits per heavy atom. The minimum atomic E-state index is -0.634. The van der Waals surface area contributed by atoms with Crippen LogP contribution in [0.1, 0.15) is 22.8 Å². The second-order valence-corrected chi connectivity index (χ2v) is 6.32. The molecule has 0 spiro atoms. The standard InChI is InChI=1S/C18H18Cl2N2O2/c1-12(21-17(23)14-6-4-3-5-7-14)18(24)22(2)11-13-8-9-15(19)16(20)10-13/h3-10,12H,11H2,1-2H3,(H,21,23). The van der Waals surface area contributed by atoms with Crippen molar-refractivity contribution < 1.29 is 9.59 Å².